The van der Waals surface area contributed by atoms with Gasteiger partial charge in [-0.1, -0.05) is 29.5 Å². The summed E-state index contributed by atoms with van der Waals surface area (Å²) in [6.07, 6.45) is 0. The van der Waals surface area contributed by atoms with Gasteiger partial charge < -0.3 is 4.57 Å². The number of thiazole rings is 1. The first-order chi connectivity index (χ1) is 10.8. The van der Waals surface area contributed by atoms with E-state index in [1.807, 2.05) is 32.0 Å². The fourth-order valence-electron chi connectivity index (χ4n) is 2.45. The van der Waals surface area contributed by atoms with E-state index < -0.39 is 10.0 Å². The maximum atomic E-state index is 12.7. The van der Waals surface area contributed by atoms with E-state index in [9.17, 15) is 13.2 Å². The minimum Gasteiger partial charge on any atom is -0.302 e. The number of fused-ring (bicyclic) bond motifs is 1. The topological polar surface area (TPSA) is 68.2 Å². The van der Waals surface area contributed by atoms with Gasteiger partial charge in [0.05, 0.1) is 20.8 Å². The zero-order chi connectivity index (χ0) is 16.8. The number of aryl methyl sites for hydroxylation is 3. The Balaban J connectivity index is 2.08. The molecule has 0 radical (unpaired) electrons. The molecule has 1 heterocycles. The number of benzene rings is 2. The Morgan fingerprint density at radius 3 is 2.39 bits per heavy atom. The van der Waals surface area contributed by atoms with Crippen LogP contribution in [0.5, 0.6) is 0 Å². The Bertz CT molecular complexity index is 1040. The molecule has 0 saturated heterocycles. The van der Waals surface area contributed by atoms with E-state index in [0.717, 1.165) is 28.0 Å². The van der Waals surface area contributed by atoms with Crippen molar-refractivity contribution in [2.24, 2.45) is 7.05 Å². The number of hydrogen-bond acceptors (Lipinski definition) is 4. The first kappa shape index (κ1) is 15.8. The van der Waals surface area contributed by atoms with Crippen molar-refractivity contribution in [1.82, 2.24) is 4.57 Å². The lowest BCUT2D eigenvalue weighted by molar-refractivity contribution is 0.601. The number of nitrogens with one attached hydrogen (secondary N) is 1. The molecule has 2 aromatic carbocycles. The summed E-state index contributed by atoms with van der Waals surface area (Å²) in [6.45, 7) is 3.72. The Labute approximate surface area is 138 Å². The lowest BCUT2D eigenvalue weighted by Gasteiger charge is -2.13. The van der Waals surface area contributed by atoms with Crippen LogP contribution in [0.3, 0.4) is 0 Å². The SMILES string of the molecule is Cc1cccc(C)c1NS(=O)(=O)c1ccc2c(c1)sc(=O)n2C. The van der Waals surface area contributed by atoms with Gasteiger partial charge in [-0.25, -0.2) is 8.42 Å². The van der Waals surface area contributed by atoms with Crippen molar-refractivity contribution in [3.63, 3.8) is 0 Å². The molecule has 0 saturated carbocycles. The maximum Gasteiger partial charge on any atom is 0.307 e. The molecule has 0 bridgehead atoms. The highest BCUT2D eigenvalue weighted by atomic mass is 32.2. The zero-order valence-corrected chi connectivity index (χ0v) is 14.6. The van der Waals surface area contributed by atoms with Crippen LogP contribution in [-0.4, -0.2) is 13.0 Å². The van der Waals surface area contributed by atoms with E-state index in [-0.39, 0.29) is 9.77 Å². The van der Waals surface area contributed by atoms with E-state index in [0.29, 0.717) is 10.4 Å². The summed E-state index contributed by atoms with van der Waals surface area (Å²) < 4.78 is 30.1. The van der Waals surface area contributed by atoms with Gasteiger partial charge in [-0.3, -0.25) is 9.52 Å². The summed E-state index contributed by atoms with van der Waals surface area (Å²) in [7, 11) is -2.04. The van der Waals surface area contributed by atoms with Crippen molar-refractivity contribution < 1.29 is 8.42 Å². The summed E-state index contributed by atoms with van der Waals surface area (Å²) in [6, 6.07) is 10.3. The number of aromatic nitrogens is 1. The van der Waals surface area contributed by atoms with Gasteiger partial charge in [0.15, 0.2) is 0 Å². The van der Waals surface area contributed by atoms with Gasteiger partial charge >= 0.3 is 4.87 Å². The van der Waals surface area contributed by atoms with Crippen LogP contribution in [0.2, 0.25) is 0 Å². The second-order valence-corrected chi connectivity index (χ2v) is 8.10. The van der Waals surface area contributed by atoms with Gasteiger partial charge in [-0.05, 0) is 43.2 Å². The van der Waals surface area contributed by atoms with Gasteiger partial charge in [-0.2, -0.15) is 0 Å². The molecule has 3 aromatic rings. The molecule has 120 valence electrons. The number of anilines is 1. The van der Waals surface area contributed by atoms with E-state index in [2.05, 4.69) is 4.72 Å². The van der Waals surface area contributed by atoms with Crippen LogP contribution < -0.4 is 9.60 Å². The number of nitrogens with zero attached hydrogens (tertiary/aromatic N) is 1. The first-order valence-electron chi connectivity index (χ1n) is 6.98. The molecule has 0 aliphatic carbocycles. The largest absolute Gasteiger partial charge is 0.307 e. The second-order valence-electron chi connectivity index (χ2n) is 5.43. The Morgan fingerprint density at radius 1 is 1.09 bits per heavy atom. The molecular formula is C16H16N2O3S2. The molecule has 0 spiro atoms. The lowest BCUT2D eigenvalue weighted by Crippen LogP contribution is -2.14. The molecule has 3 rings (SSSR count). The number of sulfonamides is 1. The predicted octanol–water partition coefficient (Wildman–Crippen LogP) is 3.02. The summed E-state index contributed by atoms with van der Waals surface area (Å²) in [5.74, 6) is 0. The molecule has 0 atom stereocenters. The van der Waals surface area contributed by atoms with Gasteiger partial charge in [0, 0.05) is 7.05 Å². The van der Waals surface area contributed by atoms with Crippen LogP contribution in [-0.2, 0) is 17.1 Å². The Hall–Kier alpha value is -2.12. The van der Waals surface area contributed by atoms with Gasteiger partial charge in [0.1, 0.15) is 0 Å². The fraction of sp³-hybridized carbons (Fsp3) is 0.188. The lowest BCUT2D eigenvalue weighted by atomic mass is 10.1. The van der Waals surface area contributed by atoms with Crippen molar-refractivity contribution >= 4 is 37.3 Å². The van der Waals surface area contributed by atoms with Crippen molar-refractivity contribution in [2.75, 3.05) is 4.72 Å². The highest BCUT2D eigenvalue weighted by molar-refractivity contribution is 7.92. The fourth-order valence-corrected chi connectivity index (χ4v) is 4.67. The molecule has 5 nitrogen and oxygen atoms in total. The van der Waals surface area contributed by atoms with Crippen molar-refractivity contribution in [1.29, 1.82) is 0 Å². The number of para-hydroxylation sites is 1. The molecule has 7 heteroatoms. The highest BCUT2D eigenvalue weighted by Crippen LogP contribution is 2.26. The summed E-state index contributed by atoms with van der Waals surface area (Å²) >= 11 is 1.04. The monoisotopic (exact) mass is 348 g/mol. The number of hydrogen-bond donors (Lipinski definition) is 1. The summed E-state index contributed by atoms with van der Waals surface area (Å²) in [5, 5.41) is 0. The molecule has 1 N–H and O–H groups in total. The van der Waals surface area contributed by atoms with Gasteiger partial charge in [0.2, 0.25) is 0 Å². The van der Waals surface area contributed by atoms with Crippen LogP contribution in [0.1, 0.15) is 11.1 Å². The van der Waals surface area contributed by atoms with E-state index >= 15 is 0 Å². The molecule has 0 aliphatic heterocycles. The molecule has 23 heavy (non-hydrogen) atoms. The average molecular weight is 348 g/mol. The molecular weight excluding hydrogens is 332 g/mol. The molecule has 0 unspecified atom stereocenters. The normalized spacial score (nSPS) is 11.8. The minimum absolute atomic E-state index is 0.114. The highest BCUT2D eigenvalue weighted by Gasteiger charge is 2.18. The van der Waals surface area contributed by atoms with Crippen LogP contribution in [0.25, 0.3) is 10.2 Å². The smallest absolute Gasteiger partial charge is 0.302 e. The van der Waals surface area contributed by atoms with Crippen molar-refractivity contribution in [2.45, 2.75) is 18.7 Å². The quantitative estimate of drug-likeness (QED) is 0.791. The molecule has 1 aromatic heterocycles. The number of rotatable bonds is 3. The van der Waals surface area contributed by atoms with Crippen molar-refractivity contribution in [3.8, 4) is 0 Å². The maximum absolute atomic E-state index is 12.7. The van der Waals surface area contributed by atoms with E-state index in [1.165, 1.54) is 16.7 Å². The summed E-state index contributed by atoms with van der Waals surface area (Å²) in [4.78, 5) is 11.7. The molecule has 0 amide bonds. The second kappa shape index (κ2) is 5.50. The van der Waals surface area contributed by atoms with E-state index in [1.54, 1.807) is 13.1 Å². The third-order valence-electron chi connectivity index (χ3n) is 3.79. The summed E-state index contributed by atoms with van der Waals surface area (Å²) in [5.41, 5.74) is 3.04. The van der Waals surface area contributed by atoms with Crippen LogP contribution in [0, 0.1) is 13.8 Å². The standard InChI is InChI=1S/C16H16N2O3S2/c1-10-5-4-6-11(2)15(10)17-23(20,21)12-7-8-13-14(9-12)22-16(19)18(13)3/h4-9,17H,1-3H3. The van der Waals surface area contributed by atoms with Gasteiger partial charge in [-0.15, -0.1) is 0 Å². The first-order valence-corrected chi connectivity index (χ1v) is 9.28. The van der Waals surface area contributed by atoms with Crippen LogP contribution in [0.4, 0.5) is 5.69 Å². The third-order valence-corrected chi connectivity index (χ3v) is 6.13. The predicted molar refractivity (Wildman–Crippen MR) is 93.8 cm³/mol. The molecule has 0 aliphatic rings. The van der Waals surface area contributed by atoms with Crippen LogP contribution in [0.15, 0.2) is 46.1 Å². The average Bonchev–Trinajstić information content (AvgIpc) is 2.78. The van der Waals surface area contributed by atoms with Crippen molar-refractivity contribution in [3.05, 3.63) is 57.2 Å². The Morgan fingerprint density at radius 2 is 1.74 bits per heavy atom. The Kier molecular flexibility index (Phi) is 3.77. The zero-order valence-electron chi connectivity index (χ0n) is 13.0. The minimum atomic E-state index is -3.71. The van der Waals surface area contributed by atoms with Gasteiger partial charge in [0.25, 0.3) is 10.0 Å². The third kappa shape index (κ3) is 2.77. The van der Waals surface area contributed by atoms with Crippen LogP contribution >= 0.6 is 11.3 Å². The molecule has 0 fully saturated rings. The van der Waals surface area contributed by atoms with E-state index in [4.69, 9.17) is 0 Å².